The first-order valence-corrected chi connectivity index (χ1v) is 6.30. The van der Waals surface area contributed by atoms with Gasteiger partial charge in [0.2, 0.25) is 0 Å². The molecule has 0 atom stereocenters. The average molecular weight is 265 g/mol. The Balaban J connectivity index is 2.68. The molecule has 0 fully saturated rings. The van der Waals surface area contributed by atoms with Gasteiger partial charge in [0.05, 0.1) is 20.8 Å². The van der Waals surface area contributed by atoms with E-state index in [0.717, 1.165) is 36.8 Å². The van der Waals surface area contributed by atoms with Crippen LogP contribution in [0.25, 0.3) is 6.08 Å². The Morgan fingerprint density at radius 2 is 2.00 bits per heavy atom. The number of benzene rings is 1. The first-order chi connectivity index (χ1) is 9.21. The van der Waals surface area contributed by atoms with E-state index in [1.54, 1.807) is 21.3 Å². The molecule has 0 aliphatic rings. The summed E-state index contributed by atoms with van der Waals surface area (Å²) in [5, 5.41) is 3.31. The molecule has 0 aliphatic heterocycles. The van der Waals surface area contributed by atoms with Gasteiger partial charge in [-0.25, -0.2) is 0 Å². The third kappa shape index (κ3) is 5.32. The number of hydrogen-bond donors (Lipinski definition) is 1. The van der Waals surface area contributed by atoms with Crippen molar-refractivity contribution < 1.29 is 14.2 Å². The van der Waals surface area contributed by atoms with Crippen molar-refractivity contribution >= 4 is 6.08 Å². The van der Waals surface area contributed by atoms with E-state index in [2.05, 4.69) is 18.3 Å². The molecule has 0 aliphatic carbocycles. The molecule has 0 saturated heterocycles. The molecule has 1 N–H and O–H groups in total. The zero-order valence-corrected chi connectivity index (χ0v) is 12.2. The van der Waals surface area contributed by atoms with Gasteiger partial charge >= 0.3 is 0 Å². The molecule has 0 unspecified atom stereocenters. The fourth-order valence-electron chi connectivity index (χ4n) is 1.71. The van der Waals surface area contributed by atoms with Gasteiger partial charge in [-0.3, -0.25) is 0 Å². The van der Waals surface area contributed by atoms with Crippen molar-refractivity contribution in [1.29, 1.82) is 0 Å². The molecular formula is C15H23NO3. The second-order valence-electron chi connectivity index (χ2n) is 4.27. The Morgan fingerprint density at radius 3 is 2.63 bits per heavy atom. The Bertz CT molecular complexity index is 416. The summed E-state index contributed by atoms with van der Waals surface area (Å²) < 4.78 is 15.5. The molecule has 0 radical (unpaired) electrons. The molecule has 4 heteroatoms. The second-order valence-corrected chi connectivity index (χ2v) is 4.27. The van der Waals surface area contributed by atoms with E-state index in [1.807, 2.05) is 18.2 Å². The molecule has 19 heavy (non-hydrogen) atoms. The van der Waals surface area contributed by atoms with Gasteiger partial charge in [0.25, 0.3) is 0 Å². The predicted octanol–water partition coefficient (Wildman–Crippen LogP) is 2.34. The summed E-state index contributed by atoms with van der Waals surface area (Å²) in [6.07, 6.45) is 2.11. The summed E-state index contributed by atoms with van der Waals surface area (Å²) in [6, 6.07) is 5.81. The van der Waals surface area contributed by atoms with Crippen LogP contribution >= 0.6 is 0 Å². The Labute approximate surface area is 115 Å². The molecule has 0 bridgehead atoms. The molecule has 106 valence electrons. The number of rotatable bonds is 8. The van der Waals surface area contributed by atoms with Crippen LogP contribution in [-0.2, 0) is 4.74 Å². The van der Waals surface area contributed by atoms with Gasteiger partial charge in [-0.1, -0.05) is 11.6 Å². The van der Waals surface area contributed by atoms with Gasteiger partial charge in [0, 0.05) is 31.8 Å². The molecule has 0 spiro atoms. The third-order valence-corrected chi connectivity index (χ3v) is 2.73. The van der Waals surface area contributed by atoms with Crippen LogP contribution in [0.4, 0.5) is 0 Å². The molecule has 0 heterocycles. The highest BCUT2D eigenvalue weighted by atomic mass is 16.5. The Hall–Kier alpha value is -1.52. The van der Waals surface area contributed by atoms with Gasteiger partial charge in [-0.15, -0.1) is 0 Å². The minimum absolute atomic E-state index is 0.721. The highest BCUT2D eigenvalue weighted by molar-refractivity contribution is 5.61. The van der Waals surface area contributed by atoms with Crippen LogP contribution in [0.2, 0.25) is 0 Å². The van der Waals surface area contributed by atoms with Gasteiger partial charge in [0.15, 0.2) is 0 Å². The van der Waals surface area contributed by atoms with Gasteiger partial charge < -0.3 is 19.5 Å². The molecule has 1 aromatic carbocycles. The lowest BCUT2D eigenvalue weighted by Gasteiger charge is -2.09. The highest BCUT2D eigenvalue weighted by Crippen LogP contribution is 2.26. The quantitative estimate of drug-likeness (QED) is 0.732. The van der Waals surface area contributed by atoms with Crippen LogP contribution in [0, 0.1) is 0 Å². The van der Waals surface area contributed by atoms with Gasteiger partial charge in [-0.05, 0) is 19.1 Å². The van der Waals surface area contributed by atoms with E-state index >= 15 is 0 Å². The SMILES string of the molecule is COCCNCC(C)=Cc1ccc(OC)cc1OC. The van der Waals surface area contributed by atoms with E-state index in [4.69, 9.17) is 14.2 Å². The third-order valence-electron chi connectivity index (χ3n) is 2.73. The lowest BCUT2D eigenvalue weighted by atomic mass is 10.1. The fraction of sp³-hybridized carbons (Fsp3) is 0.467. The minimum atomic E-state index is 0.721. The summed E-state index contributed by atoms with van der Waals surface area (Å²) in [4.78, 5) is 0. The van der Waals surface area contributed by atoms with Crippen LogP contribution in [0.3, 0.4) is 0 Å². The zero-order chi connectivity index (χ0) is 14.1. The maximum Gasteiger partial charge on any atom is 0.129 e. The van der Waals surface area contributed by atoms with Crippen LogP contribution in [0.1, 0.15) is 12.5 Å². The first-order valence-electron chi connectivity index (χ1n) is 6.30. The lowest BCUT2D eigenvalue weighted by Crippen LogP contribution is -2.20. The van der Waals surface area contributed by atoms with Crippen molar-refractivity contribution in [2.75, 3.05) is 41.0 Å². The fourth-order valence-corrected chi connectivity index (χ4v) is 1.71. The number of methoxy groups -OCH3 is 3. The molecular weight excluding hydrogens is 242 g/mol. The normalized spacial score (nSPS) is 11.5. The predicted molar refractivity (Wildman–Crippen MR) is 77.9 cm³/mol. The maximum absolute atomic E-state index is 5.37. The van der Waals surface area contributed by atoms with E-state index in [-0.39, 0.29) is 0 Å². The highest BCUT2D eigenvalue weighted by Gasteiger charge is 2.03. The van der Waals surface area contributed by atoms with E-state index in [0.29, 0.717) is 0 Å². The van der Waals surface area contributed by atoms with Crippen LogP contribution < -0.4 is 14.8 Å². The molecule has 1 aromatic rings. The minimum Gasteiger partial charge on any atom is -0.497 e. The number of ether oxygens (including phenoxy) is 3. The van der Waals surface area contributed by atoms with Gasteiger partial charge in [-0.2, -0.15) is 0 Å². The smallest absolute Gasteiger partial charge is 0.129 e. The summed E-state index contributed by atoms with van der Waals surface area (Å²) >= 11 is 0. The number of nitrogens with one attached hydrogen (secondary N) is 1. The van der Waals surface area contributed by atoms with Crippen molar-refractivity contribution in [3.8, 4) is 11.5 Å². The Kier molecular flexibility index (Phi) is 7.00. The maximum atomic E-state index is 5.37. The van der Waals surface area contributed by atoms with Gasteiger partial charge in [0.1, 0.15) is 11.5 Å². The van der Waals surface area contributed by atoms with Crippen LogP contribution in [-0.4, -0.2) is 41.0 Å². The summed E-state index contributed by atoms with van der Waals surface area (Å²) in [7, 11) is 5.01. The molecule has 0 amide bonds. The van der Waals surface area contributed by atoms with Crippen molar-refractivity contribution in [1.82, 2.24) is 5.32 Å². The largest absolute Gasteiger partial charge is 0.497 e. The summed E-state index contributed by atoms with van der Waals surface area (Å²) in [5.41, 5.74) is 2.29. The van der Waals surface area contributed by atoms with E-state index < -0.39 is 0 Å². The van der Waals surface area contributed by atoms with E-state index in [9.17, 15) is 0 Å². The summed E-state index contributed by atoms with van der Waals surface area (Å²) in [5.74, 6) is 1.61. The number of hydrogen-bond acceptors (Lipinski definition) is 4. The first kappa shape index (κ1) is 15.5. The standard InChI is InChI=1S/C15H23NO3/c1-12(11-16-7-8-17-2)9-13-5-6-14(18-3)10-15(13)19-4/h5-6,9-10,16H,7-8,11H2,1-4H3. The molecule has 0 aromatic heterocycles. The average Bonchev–Trinajstić information content (AvgIpc) is 2.44. The van der Waals surface area contributed by atoms with Crippen LogP contribution in [0.5, 0.6) is 11.5 Å². The topological polar surface area (TPSA) is 39.7 Å². The molecule has 0 saturated carbocycles. The molecule has 1 rings (SSSR count). The Morgan fingerprint density at radius 1 is 1.21 bits per heavy atom. The van der Waals surface area contributed by atoms with Crippen molar-refractivity contribution in [2.24, 2.45) is 0 Å². The zero-order valence-electron chi connectivity index (χ0n) is 12.2. The summed E-state index contributed by atoms with van der Waals surface area (Å²) in [6.45, 7) is 4.49. The van der Waals surface area contributed by atoms with Crippen molar-refractivity contribution in [2.45, 2.75) is 6.92 Å². The van der Waals surface area contributed by atoms with E-state index in [1.165, 1.54) is 5.57 Å². The molecule has 4 nitrogen and oxygen atoms in total. The van der Waals surface area contributed by atoms with Crippen molar-refractivity contribution in [3.05, 3.63) is 29.3 Å². The monoisotopic (exact) mass is 265 g/mol. The van der Waals surface area contributed by atoms with Crippen molar-refractivity contribution in [3.63, 3.8) is 0 Å². The second kappa shape index (κ2) is 8.56. The lowest BCUT2D eigenvalue weighted by molar-refractivity contribution is 0.200. The van der Waals surface area contributed by atoms with Crippen LogP contribution in [0.15, 0.2) is 23.8 Å².